The highest BCUT2D eigenvalue weighted by molar-refractivity contribution is 7.13. The van der Waals surface area contributed by atoms with Gasteiger partial charge in [-0.2, -0.15) is 0 Å². The standard InChI is InChI=1S/C14H18N6OS/c21-14(16-13-15-5-9-22-13)19-7-3-10(4-8-19)12-18-17-11-2-1-6-20(11)12/h5,9-10H,1-4,6-8H2,(H,15,16,21). The van der Waals surface area contributed by atoms with Crippen LogP contribution in [0.25, 0.3) is 0 Å². The molecule has 2 aromatic heterocycles. The zero-order valence-electron chi connectivity index (χ0n) is 12.2. The number of carbonyl (C=O) groups excluding carboxylic acids is 1. The zero-order chi connectivity index (χ0) is 14.9. The van der Waals surface area contributed by atoms with Crippen molar-refractivity contribution in [2.24, 2.45) is 0 Å². The van der Waals surface area contributed by atoms with E-state index in [2.05, 4.69) is 25.1 Å². The van der Waals surface area contributed by atoms with Gasteiger partial charge in [0.2, 0.25) is 0 Å². The molecule has 2 aromatic rings. The minimum atomic E-state index is -0.0557. The first kappa shape index (κ1) is 13.7. The summed E-state index contributed by atoms with van der Waals surface area (Å²) >= 11 is 1.44. The summed E-state index contributed by atoms with van der Waals surface area (Å²) in [6, 6.07) is -0.0557. The number of aromatic nitrogens is 4. The molecule has 7 nitrogen and oxygen atoms in total. The molecular formula is C14H18N6OS. The Bertz CT molecular complexity index is 659. The molecule has 4 rings (SSSR count). The predicted octanol–water partition coefficient (Wildman–Crippen LogP) is 2.09. The summed E-state index contributed by atoms with van der Waals surface area (Å²) in [4.78, 5) is 18.1. The monoisotopic (exact) mass is 318 g/mol. The number of anilines is 1. The lowest BCUT2D eigenvalue weighted by Crippen LogP contribution is -2.40. The first-order chi connectivity index (χ1) is 10.8. The molecule has 116 valence electrons. The Kier molecular flexibility index (Phi) is 3.53. The number of aryl methyl sites for hydroxylation is 1. The first-order valence-corrected chi connectivity index (χ1v) is 8.56. The Morgan fingerprint density at radius 3 is 2.91 bits per heavy atom. The number of thiazole rings is 1. The van der Waals surface area contributed by atoms with Crippen molar-refractivity contribution in [2.45, 2.75) is 38.1 Å². The summed E-state index contributed by atoms with van der Waals surface area (Å²) in [7, 11) is 0. The number of rotatable bonds is 2. The number of hydrogen-bond donors (Lipinski definition) is 1. The van der Waals surface area contributed by atoms with E-state index < -0.39 is 0 Å². The Balaban J connectivity index is 1.37. The van der Waals surface area contributed by atoms with E-state index in [4.69, 9.17) is 0 Å². The van der Waals surface area contributed by atoms with Gasteiger partial charge < -0.3 is 9.47 Å². The largest absolute Gasteiger partial charge is 0.324 e. The SMILES string of the molecule is O=C(Nc1nccs1)N1CCC(c2nnc3n2CCC3)CC1. The summed E-state index contributed by atoms with van der Waals surface area (Å²) in [5.74, 6) is 2.66. The van der Waals surface area contributed by atoms with Gasteiger partial charge in [-0.25, -0.2) is 9.78 Å². The molecule has 2 aliphatic rings. The van der Waals surface area contributed by atoms with Crippen LogP contribution in [0.4, 0.5) is 9.93 Å². The van der Waals surface area contributed by atoms with E-state index in [0.717, 1.165) is 50.5 Å². The van der Waals surface area contributed by atoms with Crippen LogP contribution < -0.4 is 5.32 Å². The quantitative estimate of drug-likeness (QED) is 0.920. The maximum atomic E-state index is 12.2. The third-order valence-corrected chi connectivity index (χ3v) is 5.12. The molecule has 0 aliphatic carbocycles. The lowest BCUT2D eigenvalue weighted by atomic mass is 9.96. The second kappa shape index (κ2) is 5.68. The smallest absolute Gasteiger partial charge is 0.323 e. The number of nitrogens with one attached hydrogen (secondary N) is 1. The Labute approximate surface area is 132 Å². The van der Waals surface area contributed by atoms with Crippen molar-refractivity contribution in [3.05, 3.63) is 23.2 Å². The van der Waals surface area contributed by atoms with E-state index >= 15 is 0 Å². The average Bonchev–Trinajstić information content (AvgIpc) is 3.25. The van der Waals surface area contributed by atoms with E-state index in [9.17, 15) is 4.79 Å². The molecule has 0 radical (unpaired) electrons. The van der Waals surface area contributed by atoms with Gasteiger partial charge in [-0.15, -0.1) is 21.5 Å². The summed E-state index contributed by atoms with van der Waals surface area (Å²) in [6.07, 6.45) is 5.81. The second-order valence-electron chi connectivity index (χ2n) is 5.76. The summed E-state index contributed by atoms with van der Waals surface area (Å²) in [5.41, 5.74) is 0. The van der Waals surface area contributed by atoms with Crippen molar-refractivity contribution in [1.82, 2.24) is 24.6 Å². The molecule has 0 spiro atoms. The number of urea groups is 1. The fraction of sp³-hybridized carbons (Fsp3) is 0.571. The molecule has 2 aliphatic heterocycles. The molecule has 0 bridgehead atoms. The van der Waals surface area contributed by atoms with E-state index in [0.29, 0.717) is 11.0 Å². The Hall–Kier alpha value is -1.96. The Morgan fingerprint density at radius 1 is 1.27 bits per heavy atom. The normalized spacial score (nSPS) is 18.5. The van der Waals surface area contributed by atoms with E-state index in [1.165, 1.54) is 17.8 Å². The van der Waals surface area contributed by atoms with Gasteiger partial charge in [0.25, 0.3) is 0 Å². The van der Waals surface area contributed by atoms with E-state index in [-0.39, 0.29) is 6.03 Å². The van der Waals surface area contributed by atoms with Crippen LogP contribution in [0.2, 0.25) is 0 Å². The van der Waals surface area contributed by atoms with Gasteiger partial charge in [0.1, 0.15) is 11.6 Å². The maximum Gasteiger partial charge on any atom is 0.323 e. The summed E-state index contributed by atoms with van der Waals surface area (Å²) in [5, 5.41) is 14.0. The fourth-order valence-corrected chi connectivity index (χ4v) is 3.79. The molecule has 0 aromatic carbocycles. The number of carbonyl (C=O) groups is 1. The molecule has 1 saturated heterocycles. The molecule has 0 unspecified atom stereocenters. The van der Waals surface area contributed by atoms with Crippen LogP contribution in [-0.2, 0) is 13.0 Å². The van der Waals surface area contributed by atoms with Gasteiger partial charge in [0.05, 0.1) is 0 Å². The second-order valence-corrected chi connectivity index (χ2v) is 6.65. The zero-order valence-corrected chi connectivity index (χ0v) is 13.1. The van der Waals surface area contributed by atoms with Crippen LogP contribution in [-0.4, -0.2) is 43.8 Å². The van der Waals surface area contributed by atoms with Crippen LogP contribution in [0.5, 0.6) is 0 Å². The minimum absolute atomic E-state index is 0.0557. The first-order valence-electron chi connectivity index (χ1n) is 7.68. The van der Waals surface area contributed by atoms with Crippen molar-refractivity contribution < 1.29 is 4.79 Å². The Morgan fingerprint density at radius 2 is 2.14 bits per heavy atom. The molecule has 8 heteroatoms. The lowest BCUT2D eigenvalue weighted by molar-refractivity contribution is 0.193. The van der Waals surface area contributed by atoms with Crippen molar-refractivity contribution in [3.8, 4) is 0 Å². The van der Waals surface area contributed by atoms with Crippen molar-refractivity contribution in [3.63, 3.8) is 0 Å². The van der Waals surface area contributed by atoms with Crippen LogP contribution in [0.1, 0.15) is 36.8 Å². The topological polar surface area (TPSA) is 75.9 Å². The fourth-order valence-electron chi connectivity index (χ4n) is 3.27. The average molecular weight is 318 g/mol. The number of fused-ring (bicyclic) bond motifs is 1. The van der Waals surface area contributed by atoms with Crippen LogP contribution in [0.15, 0.2) is 11.6 Å². The van der Waals surface area contributed by atoms with Gasteiger partial charge in [0, 0.05) is 43.5 Å². The predicted molar refractivity (Wildman–Crippen MR) is 83.0 cm³/mol. The number of amides is 2. The van der Waals surface area contributed by atoms with Gasteiger partial charge in [-0.1, -0.05) is 0 Å². The highest BCUT2D eigenvalue weighted by atomic mass is 32.1. The number of piperidine rings is 1. The van der Waals surface area contributed by atoms with Crippen LogP contribution in [0, 0.1) is 0 Å². The minimum Gasteiger partial charge on any atom is -0.324 e. The molecule has 0 saturated carbocycles. The molecular weight excluding hydrogens is 300 g/mol. The lowest BCUT2D eigenvalue weighted by Gasteiger charge is -2.31. The maximum absolute atomic E-state index is 12.2. The van der Waals surface area contributed by atoms with Gasteiger partial charge >= 0.3 is 6.03 Å². The molecule has 0 atom stereocenters. The van der Waals surface area contributed by atoms with Gasteiger partial charge in [-0.05, 0) is 19.3 Å². The molecule has 4 heterocycles. The molecule has 22 heavy (non-hydrogen) atoms. The number of likely N-dealkylation sites (tertiary alicyclic amines) is 1. The molecule has 1 N–H and O–H groups in total. The summed E-state index contributed by atoms with van der Waals surface area (Å²) < 4.78 is 2.27. The van der Waals surface area contributed by atoms with Crippen molar-refractivity contribution in [2.75, 3.05) is 18.4 Å². The highest BCUT2D eigenvalue weighted by Crippen LogP contribution is 2.29. The van der Waals surface area contributed by atoms with Gasteiger partial charge in [0.15, 0.2) is 5.13 Å². The number of nitrogens with zero attached hydrogens (tertiary/aromatic N) is 5. The van der Waals surface area contributed by atoms with Crippen LogP contribution >= 0.6 is 11.3 Å². The third kappa shape index (κ3) is 2.47. The number of hydrogen-bond acceptors (Lipinski definition) is 5. The molecule has 1 fully saturated rings. The summed E-state index contributed by atoms with van der Waals surface area (Å²) in [6.45, 7) is 2.55. The van der Waals surface area contributed by atoms with E-state index in [1.54, 1.807) is 6.20 Å². The van der Waals surface area contributed by atoms with Crippen LogP contribution in [0.3, 0.4) is 0 Å². The third-order valence-electron chi connectivity index (χ3n) is 4.43. The van der Waals surface area contributed by atoms with Crippen molar-refractivity contribution in [1.29, 1.82) is 0 Å². The van der Waals surface area contributed by atoms with Crippen molar-refractivity contribution >= 4 is 22.5 Å². The highest BCUT2D eigenvalue weighted by Gasteiger charge is 2.29. The van der Waals surface area contributed by atoms with E-state index in [1.807, 2.05) is 10.3 Å². The van der Waals surface area contributed by atoms with Gasteiger partial charge in [-0.3, -0.25) is 5.32 Å². The molecule has 2 amide bonds.